The molecular weight excluding hydrogens is 314 g/mol. The number of carbonyl (C=O) groups is 1. The van der Waals surface area contributed by atoms with Crippen LogP contribution in [0.5, 0.6) is 0 Å². The average molecular weight is 336 g/mol. The van der Waals surface area contributed by atoms with Crippen LogP contribution in [0.4, 0.5) is 4.79 Å². The predicted octanol–water partition coefficient (Wildman–Crippen LogP) is 2.81. The Bertz CT molecular complexity index is 683. The number of halogens is 1. The Morgan fingerprint density at radius 3 is 2.78 bits per heavy atom. The first-order chi connectivity index (χ1) is 10.8. The summed E-state index contributed by atoms with van der Waals surface area (Å²) >= 11 is 6.04. The summed E-state index contributed by atoms with van der Waals surface area (Å²) in [5.74, 6) is 0.703. The summed E-state index contributed by atoms with van der Waals surface area (Å²) in [6, 6.07) is 7.21. The highest BCUT2D eigenvalue weighted by molar-refractivity contribution is 6.30. The van der Waals surface area contributed by atoms with Gasteiger partial charge >= 0.3 is 6.03 Å². The molecule has 0 aliphatic rings. The molecule has 7 heteroatoms. The highest BCUT2D eigenvalue weighted by atomic mass is 35.5. The van der Waals surface area contributed by atoms with Crippen LogP contribution in [0.25, 0.3) is 0 Å². The van der Waals surface area contributed by atoms with Gasteiger partial charge in [-0.25, -0.2) is 4.79 Å². The highest BCUT2D eigenvalue weighted by Gasteiger charge is 2.22. The molecule has 0 radical (unpaired) electrons. The number of benzene rings is 1. The number of hydrogen-bond donors (Lipinski definition) is 2. The molecule has 1 atom stereocenters. The minimum Gasteiger partial charge on any atom is -0.337 e. The summed E-state index contributed by atoms with van der Waals surface area (Å²) in [5, 5.41) is 14.3. The van der Waals surface area contributed by atoms with Crippen LogP contribution in [0.2, 0.25) is 5.02 Å². The second kappa shape index (κ2) is 7.00. The minimum absolute atomic E-state index is 0.225. The Morgan fingerprint density at radius 1 is 1.43 bits per heavy atom. The van der Waals surface area contributed by atoms with Gasteiger partial charge in [0.15, 0.2) is 5.82 Å². The largest absolute Gasteiger partial charge is 0.337 e. The Labute approximate surface area is 141 Å². The van der Waals surface area contributed by atoms with Crippen LogP contribution < -0.4 is 10.6 Å². The van der Waals surface area contributed by atoms with Crippen LogP contribution in [0.3, 0.4) is 0 Å². The normalized spacial score (nSPS) is 12.7. The maximum absolute atomic E-state index is 12.1. The van der Waals surface area contributed by atoms with Crippen LogP contribution in [0.1, 0.15) is 38.2 Å². The third-order valence-corrected chi connectivity index (χ3v) is 4.01. The fraction of sp³-hybridized carbons (Fsp3) is 0.438. The molecule has 124 valence electrons. The number of aromatic nitrogens is 3. The van der Waals surface area contributed by atoms with Gasteiger partial charge in [-0.2, -0.15) is 0 Å². The van der Waals surface area contributed by atoms with Gasteiger partial charge < -0.3 is 15.2 Å². The van der Waals surface area contributed by atoms with Gasteiger partial charge in [0.2, 0.25) is 0 Å². The van der Waals surface area contributed by atoms with E-state index >= 15 is 0 Å². The molecule has 0 aliphatic heterocycles. The first-order valence-electron chi connectivity index (χ1n) is 7.44. The molecule has 0 bridgehead atoms. The van der Waals surface area contributed by atoms with Gasteiger partial charge in [0.25, 0.3) is 0 Å². The van der Waals surface area contributed by atoms with Crippen LogP contribution in [-0.2, 0) is 12.5 Å². The van der Waals surface area contributed by atoms with E-state index in [0.29, 0.717) is 17.4 Å². The Kier molecular flexibility index (Phi) is 5.26. The van der Waals surface area contributed by atoms with Gasteiger partial charge in [-0.3, -0.25) is 0 Å². The van der Waals surface area contributed by atoms with Crippen molar-refractivity contribution in [3.05, 3.63) is 47.0 Å². The maximum Gasteiger partial charge on any atom is 0.315 e. The number of urea groups is 1. The highest BCUT2D eigenvalue weighted by Crippen LogP contribution is 2.24. The number of nitrogens with zero attached hydrogens (tertiary/aromatic N) is 3. The van der Waals surface area contributed by atoms with Crippen LogP contribution in [0, 0.1) is 0 Å². The summed E-state index contributed by atoms with van der Waals surface area (Å²) < 4.78 is 1.78. The van der Waals surface area contributed by atoms with Gasteiger partial charge in [-0.1, -0.05) is 37.6 Å². The molecule has 1 aromatic heterocycles. The first kappa shape index (κ1) is 17.3. The average Bonchev–Trinajstić information content (AvgIpc) is 2.91. The third kappa shape index (κ3) is 4.45. The van der Waals surface area contributed by atoms with E-state index in [1.807, 2.05) is 38.2 Å². The molecule has 2 aromatic rings. The van der Waals surface area contributed by atoms with Crippen molar-refractivity contribution in [3.8, 4) is 0 Å². The summed E-state index contributed by atoms with van der Waals surface area (Å²) in [7, 11) is 1.84. The lowest BCUT2D eigenvalue weighted by Crippen LogP contribution is -2.43. The second-order valence-corrected chi connectivity index (χ2v) is 6.68. The van der Waals surface area contributed by atoms with E-state index in [9.17, 15) is 4.79 Å². The molecule has 0 aliphatic carbocycles. The molecule has 2 rings (SSSR count). The van der Waals surface area contributed by atoms with Gasteiger partial charge in [0.05, 0.1) is 6.04 Å². The minimum atomic E-state index is -0.240. The lowest BCUT2D eigenvalue weighted by molar-refractivity contribution is 0.234. The zero-order valence-electron chi connectivity index (χ0n) is 13.8. The molecule has 0 saturated heterocycles. The predicted molar refractivity (Wildman–Crippen MR) is 90.4 cm³/mol. The molecular formula is C16H22ClN5O. The van der Waals surface area contributed by atoms with Crippen molar-refractivity contribution in [2.75, 3.05) is 6.54 Å². The summed E-state index contributed by atoms with van der Waals surface area (Å²) in [6.45, 7) is 6.48. The van der Waals surface area contributed by atoms with Crippen molar-refractivity contribution in [1.29, 1.82) is 0 Å². The number of hydrogen-bond acceptors (Lipinski definition) is 3. The van der Waals surface area contributed by atoms with Gasteiger partial charge in [0.1, 0.15) is 6.33 Å². The van der Waals surface area contributed by atoms with E-state index in [-0.39, 0.29) is 17.5 Å². The molecule has 2 N–H and O–H groups in total. The molecule has 0 unspecified atom stereocenters. The van der Waals surface area contributed by atoms with Crippen LogP contribution in [-0.4, -0.2) is 27.3 Å². The van der Waals surface area contributed by atoms with Gasteiger partial charge in [-0.05, 0) is 24.6 Å². The number of carbonyl (C=O) groups excluding carboxylic acids is 1. The van der Waals surface area contributed by atoms with Crippen molar-refractivity contribution >= 4 is 17.6 Å². The molecule has 23 heavy (non-hydrogen) atoms. The third-order valence-electron chi connectivity index (χ3n) is 3.78. The zero-order valence-corrected chi connectivity index (χ0v) is 14.6. The monoisotopic (exact) mass is 335 g/mol. The molecule has 6 nitrogen and oxygen atoms in total. The fourth-order valence-corrected chi connectivity index (χ4v) is 2.50. The van der Waals surface area contributed by atoms with Crippen molar-refractivity contribution in [1.82, 2.24) is 25.4 Å². The van der Waals surface area contributed by atoms with Crippen LogP contribution >= 0.6 is 11.6 Å². The SMILES string of the molecule is C[C@@H](NC(=O)NCC(C)(C)c1cccc(Cl)c1)c1nncn1C. The lowest BCUT2D eigenvalue weighted by atomic mass is 9.85. The molecule has 0 spiro atoms. The number of nitrogens with one attached hydrogen (secondary N) is 2. The molecule has 2 amide bonds. The zero-order chi connectivity index (χ0) is 17.0. The number of amides is 2. The molecule has 0 fully saturated rings. The standard InChI is InChI=1S/C16H22ClN5O/c1-11(14-21-19-10-22(14)4)20-15(23)18-9-16(2,3)12-6-5-7-13(17)8-12/h5-8,10-11H,9H2,1-4H3,(H2,18,20,23)/t11-/m1/s1. The van der Waals surface area contributed by atoms with Gasteiger partial charge in [0, 0.05) is 24.0 Å². The number of aryl methyl sites for hydroxylation is 1. The maximum atomic E-state index is 12.1. The van der Waals surface area contributed by atoms with E-state index in [1.165, 1.54) is 0 Å². The summed E-state index contributed by atoms with van der Waals surface area (Å²) in [6.07, 6.45) is 1.60. The molecule has 1 heterocycles. The smallest absolute Gasteiger partial charge is 0.315 e. The van der Waals surface area contributed by atoms with Crippen molar-refractivity contribution in [2.45, 2.75) is 32.2 Å². The Balaban J connectivity index is 1.92. The van der Waals surface area contributed by atoms with Gasteiger partial charge in [-0.15, -0.1) is 10.2 Å². The molecule has 0 saturated carbocycles. The Hall–Kier alpha value is -2.08. The number of rotatable bonds is 5. The van der Waals surface area contributed by atoms with Crippen molar-refractivity contribution in [2.24, 2.45) is 7.05 Å². The van der Waals surface area contributed by atoms with E-state index in [0.717, 1.165) is 5.56 Å². The second-order valence-electron chi connectivity index (χ2n) is 6.24. The van der Waals surface area contributed by atoms with E-state index in [1.54, 1.807) is 10.9 Å². The van der Waals surface area contributed by atoms with E-state index in [4.69, 9.17) is 11.6 Å². The van der Waals surface area contributed by atoms with Crippen LogP contribution in [0.15, 0.2) is 30.6 Å². The van der Waals surface area contributed by atoms with E-state index < -0.39 is 0 Å². The topological polar surface area (TPSA) is 71.8 Å². The summed E-state index contributed by atoms with van der Waals surface area (Å²) in [4.78, 5) is 12.1. The van der Waals surface area contributed by atoms with Crippen molar-refractivity contribution in [3.63, 3.8) is 0 Å². The molecule has 1 aromatic carbocycles. The first-order valence-corrected chi connectivity index (χ1v) is 7.82. The van der Waals surface area contributed by atoms with Crippen molar-refractivity contribution < 1.29 is 4.79 Å². The Morgan fingerprint density at radius 2 is 2.17 bits per heavy atom. The fourth-order valence-electron chi connectivity index (χ4n) is 2.31. The summed E-state index contributed by atoms with van der Waals surface area (Å²) in [5.41, 5.74) is 0.850. The lowest BCUT2D eigenvalue weighted by Gasteiger charge is -2.26. The quantitative estimate of drug-likeness (QED) is 0.882. The van der Waals surface area contributed by atoms with E-state index in [2.05, 4.69) is 34.7 Å².